The Hall–Kier alpha value is -3.13. The number of para-hydroxylation sites is 1. The van der Waals surface area contributed by atoms with Crippen LogP contribution in [0.1, 0.15) is 37.2 Å². The van der Waals surface area contributed by atoms with Crippen molar-refractivity contribution in [3.05, 3.63) is 64.4 Å². The van der Waals surface area contributed by atoms with E-state index in [1.54, 1.807) is 47.9 Å². The Morgan fingerprint density at radius 1 is 1.07 bits per heavy atom. The minimum Gasteiger partial charge on any atom is -0.366 e. The lowest BCUT2D eigenvalue weighted by atomic mass is 10.2. The normalized spacial score (nSPS) is 12.1. The summed E-state index contributed by atoms with van der Waals surface area (Å²) in [4.78, 5) is 41.3. The molecule has 0 bridgehead atoms. The standard InChI is InChI=1S/C21H22N4O3S/c1-12(2)25-20(28)16-6-4-5-7-17(16)24-21(25)29-13(3)19(27)23-15-10-8-14(9-11-15)18(22)26/h4-13H,1-3H3,(H2,22,26)(H,23,27)/t13-/m0/s1. The van der Waals surface area contributed by atoms with Crippen molar-refractivity contribution in [3.8, 4) is 0 Å². The average Bonchev–Trinajstić information content (AvgIpc) is 2.68. The highest BCUT2D eigenvalue weighted by atomic mass is 32.2. The zero-order valence-electron chi connectivity index (χ0n) is 16.4. The minimum atomic E-state index is -0.527. The molecule has 8 heteroatoms. The summed E-state index contributed by atoms with van der Waals surface area (Å²) in [6.07, 6.45) is 0. The lowest BCUT2D eigenvalue weighted by Gasteiger charge is -2.18. The van der Waals surface area contributed by atoms with Crippen LogP contribution in [0.2, 0.25) is 0 Å². The molecule has 1 aromatic heterocycles. The van der Waals surface area contributed by atoms with Gasteiger partial charge in [-0.25, -0.2) is 4.98 Å². The summed E-state index contributed by atoms with van der Waals surface area (Å²) in [5, 5.41) is 3.35. The van der Waals surface area contributed by atoms with Gasteiger partial charge in [0.2, 0.25) is 11.8 Å². The highest BCUT2D eigenvalue weighted by Gasteiger charge is 2.20. The van der Waals surface area contributed by atoms with E-state index in [9.17, 15) is 14.4 Å². The largest absolute Gasteiger partial charge is 0.366 e. The molecule has 0 aliphatic heterocycles. The van der Waals surface area contributed by atoms with Gasteiger partial charge >= 0.3 is 0 Å². The van der Waals surface area contributed by atoms with Crippen LogP contribution in [0.3, 0.4) is 0 Å². The van der Waals surface area contributed by atoms with Crippen LogP contribution in [-0.4, -0.2) is 26.6 Å². The van der Waals surface area contributed by atoms with Crippen LogP contribution in [0.15, 0.2) is 58.5 Å². The van der Waals surface area contributed by atoms with Crippen LogP contribution < -0.4 is 16.6 Å². The average molecular weight is 410 g/mol. The number of thioether (sulfide) groups is 1. The summed E-state index contributed by atoms with van der Waals surface area (Å²) in [5.74, 6) is -0.764. The molecular weight excluding hydrogens is 388 g/mol. The van der Waals surface area contributed by atoms with Gasteiger partial charge in [0, 0.05) is 17.3 Å². The van der Waals surface area contributed by atoms with Crippen molar-refractivity contribution >= 4 is 40.2 Å². The molecule has 0 aliphatic carbocycles. The zero-order chi connectivity index (χ0) is 21.1. The van der Waals surface area contributed by atoms with Crippen LogP contribution in [0, 0.1) is 0 Å². The monoisotopic (exact) mass is 410 g/mol. The maximum Gasteiger partial charge on any atom is 0.262 e. The smallest absolute Gasteiger partial charge is 0.262 e. The van der Waals surface area contributed by atoms with Crippen LogP contribution in [0.4, 0.5) is 5.69 Å². The van der Waals surface area contributed by atoms with E-state index in [1.807, 2.05) is 26.0 Å². The van der Waals surface area contributed by atoms with E-state index >= 15 is 0 Å². The molecule has 0 radical (unpaired) electrons. The van der Waals surface area contributed by atoms with E-state index in [1.165, 1.54) is 11.8 Å². The summed E-state index contributed by atoms with van der Waals surface area (Å²) in [7, 11) is 0. The Kier molecular flexibility index (Phi) is 6.03. The quantitative estimate of drug-likeness (QED) is 0.479. The predicted molar refractivity (Wildman–Crippen MR) is 115 cm³/mol. The van der Waals surface area contributed by atoms with Gasteiger partial charge < -0.3 is 11.1 Å². The second-order valence-electron chi connectivity index (χ2n) is 6.87. The number of fused-ring (bicyclic) bond motifs is 1. The number of nitrogens with zero attached hydrogens (tertiary/aromatic N) is 2. The fraction of sp³-hybridized carbons (Fsp3) is 0.238. The number of nitrogens with one attached hydrogen (secondary N) is 1. The Morgan fingerprint density at radius 2 is 1.72 bits per heavy atom. The number of nitrogens with two attached hydrogens (primary N) is 1. The lowest BCUT2D eigenvalue weighted by molar-refractivity contribution is -0.115. The maximum atomic E-state index is 12.9. The van der Waals surface area contributed by atoms with E-state index in [2.05, 4.69) is 10.3 Å². The Bertz CT molecular complexity index is 1120. The van der Waals surface area contributed by atoms with Gasteiger partial charge in [0.15, 0.2) is 5.16 Å². The van der Waals surface area contributed by atoms with E-state index in [-0.39, 0.29) is 17.5 Å². The number of hydrogen-bond acceptors (Lipinski definition) is 5. The van der Waals surface area contributed by atoms with Gasteiger partial charge in [-0.05, 0) is 57.2 Å². The molecule has 2 amide bonds. The van der Waals surface area contributed by atoms with Gasteiger partial charge in [0.1, 0.15) is 0 Å². The van der Waals surface area contributed by atoms with Crippen molar-refractivity contribution in [2.75, 3.05) is 5.32 Å². The summed E-state index contributed by atoms with van der Waals surface area (Å²) in [5.41, 5.74) is 6.63. The summed E-state index contributed by atoms with van der Waals surface area (Å²) >= 11 is 1.23. The molecule has 7 nitrogen and oxygen atoms in total. The fourth-order valence-electron chi connectivity index (χ4n) is 2.84. The molecule has 3 aromatic rings. The number of primary amides is 1. The third-order valence-electron chi connectivity index (χ3n) is 4.38. The SMILES string of the molecule is CC(C)n1c(S[C@@H](C)C(=O)Nc2ccc(C(N)=O)cc2)nc2ccccc2c1=O. The number of carbonyl (C=O) groups is 2. The van der Waals surface area contributed by atoms with E-state index in [4.69, 9.17) is 5.73 Å². The Balaban J connectivity index is 1.84. The molecule has 1 atom stereocenters. The lowest BCUT2D eigenvalue weighted by Crippen LogP contribution is -2.28. The minimum absolute atomic E-state index is 0.0984. The second kappa shape index (κ2) is 8.48. The molecule has 3 rings (SSSR count). The fourth-order valence-corrected chi connectivity index (χ4v) is 3.88. The zero-order valence-corrected chi connectivity index (χ0v) is 17.2. The van der Waals surface area contributed by atoms with Crippen LogP contribution in [-0.2, 0) is 4.79 Å². The second-order valence-corrected chi connectivity index (χ2v) is 8.18. The van der Waals surface area contributed by atoms with Crippen molar-refractivity contribution in [2.24, 2.45) is 5.73 Å². The van der Waals surface area contributed by atoms with Gasteiger partial charge in [-0.2, -0.15) is 0 Å². The molecular formula is C21H22N4O3S. The number of anilines is 1. The molecule has 1 heterocycles. The molecule has 2 aromatic carbocycles. The number of amides is 2. The van der Waals surface area contributed by atoms with Crippen molar-refractivity contribution < 1.29 is 9.59 Å². The first-order valence-electron chi connectivity index (χ1n) is 9.16. The first-order chi connectivity index (χ1) is 13.8. The summed E-state index contributed by atoms with van der Waals surface area (Å²) in [6, 6.07) is 13.4. The summed E-state index contributed by atoms with van der Waals surface area (Å²) < 4.78 is 1.61. The maximum absolute atomic E-state index is 12.9. The van der Waals surface area contributed by atoms with E-state index in [0.717, 1.165) is 0 Å². The molecule has 0 saturated carbocycles. The van der Waals surface area contributed by atoms with Gasteiger partial charge in [-0.15, -0.1) is 0 Å². The van der Waals surface area contributed by atoms with Crippen molar-refractivity contribution in [3.63, 3.8) is 0 Å². The van der Waals surface area contributed by atoms with Crippen LogP contribution >= 0.6 is 11.8 Å². The van der Waals surface area contributed by atoms with E-state index in [0.29, 0.717) is 27.3 Å². The third kappa shape index (κ3) is 4.48. The number of rotatable bonds is 6. The van der Waals surface area contributed by atoms with Crippen molar-refractivity contribution in [2.45, 2.75) is 37.2 Å². The van der Waals surface area contributed by atoms with Crippen LogP contribution in [0.5, 0.6) is 0 Å². The molecule has 0 saturated heterocycles. The van der Waals surface area contributed by atoms with Gasteiger partial charge in [-0.3, -0.25) is 19.0 Å². The van der Waals surface area contributed by atoms with Gasteiger partial charge in [0.05, 0.1) is 16.2 Å². The number of aromatic nitrogens is 2. The van der Waals surface area contributed by atoms with Crippen molar-refractivity contribution in [1.29, 1.82) is 0 Å². The Morgan fingerprint density at radius 3 is 2.34 bits per heavy atom. The number of benzene rings is 2. The molecule has 3 N–H and O–H groups in total. The topological polar surface area (TPSA) is 107 Å². The van der Waals surface area contributed by atoms with E-state index < -0.39 is 11.2 Å². The highest BCUT2D eigenvalue weighted by molar-refractivity contribution is 8.00. The van der Waals surface area contributed by atoms with Crippen LogP contribution in [0.25, 0.3) is 10.9 Å². The predicted octanol–water partition coefficient (Wildman–Crippen LogP) is 3.20. The molecule has 0 spiro atoms. The molecule has 0 unspecified atom stereocenters. The molecule has 0 aliphatic rings. The molecule has 29 heavy (non-hydrogen) atoms. The van der Waals surface area contributed by atoms with Gasteiger partial charge in [0.25, 0.3) is 5.56 Å². The molecule has 0 fully saturated rings. The number of hydrogen-bond donors (Lipinski definition) is 2. The third-order valence-corrected chi connectivity index (χ3v) is 5.45. The first-order valence-corrected chi connectivity index (χ1v) is 10.0. The molecule has 150 valence electrons. The first kappa shape index (κ1) is 20.6. The highest BCUT2D eigenvalue weighted by Crippen LogP contribution is 2.25. The van der Waals surface area contributed by atoms with Gasteiger partial charge in [-0.1, -0.05) is 23.9 Å². The Labute approximate surface area is 172 Å². The number of carbonyl (C=O) groups excluding carboxylic acids is 2. The summed E-state index contributed by atoms with van der Waals surface area (Å²) in [6.45, 7) is 5.57. The van der Waals surface area contributed by atoms with Crippen molar-refractivity contribution in [1.82, 2.24) is 9.55 Å².